The van der Waals surface area contributed by atoms with Crippen LogP contribution >= 0.6 is 27.3 Å². The molecule has 0 radical (unpaired) electrons. The molecule has 26 heavy (non-hydrogen) atoms. The number of nitrogens with zero attached hydrogens (tertiary/aromatic N) is 2. The maximum Gasteiger partial charge on any atom is 0.322 e. The summed E-state index contributed by atoms with van der Waals surface area (Å²) < 4.78 is 0.895. The third-order valence-electron chi connectivity index (χ3n) is 3.47. The van der Waals surface area contributed by atoms with Gasteiger partial charge in [0.2, 0.25) is 0 Å². The zero-order chi connectivity index (χ0) is 19.3. The zero-order valence-corrected chi connectivity index (χ0v) is 17.6. The second-order valence-electron chi connectivity index (χ2n) is 6.42. The Morgan fingerprint density at radius 3 is 2.62 bits per heavy atom. The van der Waals surface area contributed by atoms with Crippen LogP contribution in [0.25, 0.3) is 0 Å². The molecule has 0 aliphatic carbocycles. The third kappa shape index (κ3) is 5.81. The van der Waals surface area contributed by atoms with Crippen LogP contribution in [0.5, 0.6) is 0 Å². The van der Waals surface area contributed by atoms with Gasteiger partial charge in [0.05, 0.1) is 6.54 Å². The van der Waals surface area contributed by atoms with Crippen LogP contribution < -0.4 is 10.6 Å². The highest BCUT2D eigenvalue weighted by Crippen LogP contribution is 2.18. The predicted octanol–water partition coefficient (Wildman–Crippen LogP) is 4.49. The minimum atomic E-state index is -0.207. The SMILES string of the molecule is CC(C)NC(=O)c1csc(CN(C(=O)Nc2cccc(Br)c2)C(C)C)n1. The lowest BCUT2D eigenvalue weighted by atomic mass is 10.3. The first-order valence-electron chi connectivity index (χ1n) is 8.34. The molecular formula is C18H23BrN4O2S. The molecule has 2 N–H and O–H groups in total. The molecule has 0 bridgehead atoms. The van der Waals surface area contributed by atoms with Crippen LogP contribution in [-0.2, 0) is 6.54 Å². The van der Waals surface area contributed by atoms with Gasteiger partial charge in [0, 0.05) is 27.6 Å². The Bertz CT molecular complexity index is 776. The molecule has 8 heteroatoms. The summed E-state index contributed by atoms with van der Waals surface area (Å²) in [6, 6.07) is 7.26. The number of thiazole rings is 1. The average Bonchev–Trinajstić information content (AvgIpc) is 3.00. The number of carbonyl (C=O) groups is 2. The second kappa shape index (κ2) is 9.14. The van der Waals surface area contributed by atoms with Crippen LogP contribution in [0.3, 0.4) is 0 Å². The summed E-state index contributed by atoms with van der Waals surface area (Å²) in [4.78, 5) is 30.7. The Morgan fingerprint density at radius 2 is 2.00 bits per heavy atom. The van der Waals surface area contributed by atoms with Gasteiger partial charge in [-0.3, -0.25) is 4.79 Å². The van der Waals surface area contributed by atoms with Gasteiger partial charge < -0.3 is 15.5 Å². The molecule has 0 spiro atoms. The van der Waals surface area contributed by atoms with E-state index in [0.717, 1.165) is 9.48 Å². The number of aromatic nitrogens is 1. The second-order valence-corrected chi connectivity index (χ2v) is 8.28. The fourth-order valence-electron chi connectivity index (χ4n) is 2.22. The van der Waals surface area contributed by atoms with E-state index in [9.17, 15) is 9.59 Å². The fraction of sp³-hybridized carbons (Fsp3) is 0.389. The highest BCUT2D eigenvalue weighted by molar-refractivity contribution is 9.10. The van der Waals surface area contributed by atoms with Crippen molar-refractivity contribution in [3.63, 3.8) is 0 Å². The summed E-state index contributed by atoms with van der Waals surface area (Å²) in [5, 5.41) is 8.15. The molecule has 140 valence electrons. The number of rotatable bonds is 6. The largest absolute Gasteiger partial charge is 0.349 e. The number of hydrogen-bond acceptors (Lipinski definition) is 4. The first-order valence-corrected chi connectivity index (χ1v) is 10.0. The molecule has 0 atom stereocenters. The van der Waals surface area contributed by atoms with Crippen molar-refractivity contribution in [1.82, 2.24) is 15.2 Å². The van der Waals surface area contributed by atoms with Crippen molar-refractivity contribution in [2.24, 2.45) is 0 Å². The number of urea groups is 1. The molecule has 6 nitrogen and oxygen atoms in total. The summed E-state index contributed by atoms with van der Waals surface area (Å²) in [5.74, 6) is -0.197. The molecule has 2 rings (SSSR count). The molecule has 0 aliphatic heterocycles. The van der Waals surface area contributed by atoms with Crippen molar-refractivity contribution in [2.75, 3.05) is 5.32 Å². The van der Waals surface area contributed by atoms with E-state index >= 15 is 0 Å². The van der Waals surface area contributed by atoms with Gasteiger partial charge in [-0.1, -0.05) is 22.0 Å². The van der Waals surface area contributed by atoms with Crippen molar-refractivity contribution >= 4 is 44.9 Å². The molecule has 0 saturated heterocycles. The number of amides is 3. The standard InChI is InChI=1S/C18H23BrN4O2S/c1-11(2)20-17(24)15-10-26-16(22-15)9-23(12(3)4)18(25)21-14-7-5-6-13(19)8-14/h5-8,10-12H,9H2,1-4H3,(H,20,24)(H,21,25). The Morgan fingerprint density at radius 1 is 1.27 bits per heavy atom. The number of nitrogens with one attached hydrogen (secondary N) is 2. The fourth-order valence-corrected chi connectivity index (χ4v) is 3.39. The van der Waals surface area contributed by atoms with Crippen LogP contribution in [0.4, 0.5) is 10.5 Å². The highest BCUT2D eigenvalue weighted by Gasteiger charge is 2.20. The quantitative estimate of drug-likeness (QED) is 0.697. The lowest BCUT2D eigenvalue weighted by Gasteiger charge is -2.26. The van der Waals surface area contributed by atoms with Crippen molar-refractivity contribution in [3.8, 4) is 0 Å². The van der Waals surface area contributed by atoms with Gasteiger partial charge in [-0.05, 0) is 45.9 Å². The number of halogens is 1. The molecule has 0 fully saturated rings. The van der Waals surface area contributed by atoms with Gasteiger partial charge in [-0.2, -0.15) is 0 Å². The van der Waals surface area contributed by atoms with E-state index in [4.69, 9.17) is 0 Å². The summed E-state index contributed by atoms with van der Waals surface area (Å²) >= 11 is 4.77. The monoisotopic (exact) mass is 438 g/mol. The van der Waals surface area contributed by atoms with E-state index in [1.54, 1.807) is 10.3 Å². The summed E-state index contributed by atoms with van der Waals surface area (Å²) in [5.41, 5.74) is 1.10. The van der Waals surface area contributed by atoms with Crippen LogP contribution in [0.1, 0.15) is 43.2 Å². The topological polar surface area (TPSA) is 74.3 Å². The first-order chi connectivity index (χ1) is 12.3. The normalized spacial score (nSPS) is 10.9. The predicted molar refractivity (Wildman–Crippen MR) is 109 cm³/mol. The molecule has 1 heterocycles. The first kappa shape index (κ1) is 20.4. The number of carbonyl (C=O) groups excluding carboxylic acids is 2. The lowest BCUT2D eigenvalue weighted by Crippen LogP contribution is -2.39. The number of hydrogen-bond donors (Lipinski definition) is 2. The van der Waals surface area contributed by atoms with Gasteiger partial charge in [-0.25, -0.2) is 9.78 Å². The van der Waals surface area contributed by atoms with E-state index in [2.05, 4.69) is 31.5 Å². The molecule has 0 unspecified atom stereocenters. The number of benzene rings is 1. The Labute approximate surface area is 166 Å². The average molecular weight is 439 g/mol. The van der Waals surface area contributed by atoms with Gasteiger partial charge in [0.15, 0.2) is 0 Å². The van der Waals surface area contributed by atoms with Crippen molar-refractivity contribution in [3.05, 3.63) is 44.8 Å². The van der Waals surface area contributed by atoms with Gasteiger partial charge in [0.1, 0.15) is 10.7 Å². The van der Waals surface area contributed by atoms with Crippen molar-refractivity contribution in [1.29, 1.82) is 0 Å². The van der Waals surface area contributed by atoms with E-state index in [-0.39, 0.29) is 24.0 Å². The minimum Gasteiger partial charge on any atom is -0.349 e. The molecule has 0 aliphatic rings. The molecule has 0 saturated carbocycles. The van der Waals surface area contributed by atoms with Crippen molar-refractivity contribution < 1.29 is 9.59 Å². The molecular weight excluding hydrogens is 416 g/mol. The Kier molecular flexibility index (Phi) is 7.16. The molecule has 2 aromatic rings. The molecule has 3 amide bonds. The van der Waals surface area contributed by atoms with Crippen molar-refractivity contribution in [2.45, 2.75) is 46.3 Å². The zero-order valence-electron chi connectivity index (χ0n) is 15.2. The van der Waals surface area contributed by atoms with E-state index in [0.29, 0.717) is 17.9 Å². The van der Waals surface area contributed by atoms with Crippen LogP contribution in [-0.4, -0.2) is 33.9 Å². The van der Waals surface area contributed by atoms with Crippen LogP contribution in [0, 0.1) is 0 Å². The third-order valence-corrected chi connectivity index (χ3v) is 4.80. The van der Waals surface area contributed by atoms with Gasteiger partial charge in [-0.15, -0.1) is 11.3 Å². The molecule has 1 aromatic heterocycles. The minimum absolute atomic E-state index is 0.0148. The highest BCUT2D eigenvalue weighted by atomic mass is 79.9. The van der Waals surface area contributed by atoms with E-state index in [1.807, 2.05) is 52.0 Å². The summed E-state index contributed by atoms with van der Waals surface area (Å²) in [6.45, 7) is 8.04. The maximum absolute atomic E-state index is 12.7. The Hall–Kier alpha value is -1.93. The van der Waals surface area contributed by atoms with Crippen LogP contribution in [0.15, 0.2) is 34.1 Å². The summed E-state index contributed by atoms with van der Waals surface area (Å²) in [7, 11) is 0. The van der Waals surface area contributed by atoms with Gasteiger partial charge >= 0.3 is 6.03 Å². The molecule has 1 aromatic carbocycles. The number of anilines is 1. The lowest BCUT2D eigenvalue weighted by molar-refractivity contribution is 0.0938. The summed E-state index contributed by atoms with van der Waals surface area (Å²) in [6.07, 6.45) is 0. The van der Waals surface area contributed by atoms with E-state index < -0.39 is 0 Å². The maximum atomic E-state index is 12.7. The van der Waals surface area contributed by atoms with E-state index in [1.165, 1.54) is 11.3 Å². The smallest absolute Gasteiger partial charge is 0.322 e. The van der Waals surface area contributed by atoms with Crippen LogP contribution in [0.2, 0.25) is 0 Å². The van der Waals surface area contributed by atoms with Gasteiger partial charge in [0.25, 0.3) is 5.91 Å². The Balaban J connectivity index is 2.07.